The normalized spacial score (nSPS) is 14.9. The summed E-state index contributed by atoms with van der Waals surface area (Å²) in [5, 5.41) is 3.14. The minimum absolute atomic E-state index is 0.0141. The Labute approximate surface area is 225 Å². The summed E-state index contributed by atoms with van der Waals surface area (Å²) in [6, 6.07) is 7.17. The molecule has 0 radical (unpaired) electrons. The van der Waals surface area contributed by atoms with Crippen LogP contribution in [0.4, 0.5) is 10.1 Å². The molecule has 0 spiro atoms. The van der Waals surface area contributed by atoms with E-state index < -0.39 is 34.3 Å². The van der Waals surface area contributed by atoms with Gasteiger partial charge in [-0.1, -0.05) is 59.8 Å². The molecule has 0 bridgehead atoms. The number of nitrogens with one attached hydrogen (secondary N) is 1. The van der Waals surface area contributed by atoms with Crippen molar-refractivity contribution < 1.29 is 22.4 Å². The van der Waals surface area contributed by atoms with Crippen molar-refractivity contribution in [3.63, 3.8) is 0 Å². The molecule has 2 aromatic rings. The first kappa shape index (κ1) is 28.5. The van der Waals surface area contributed by atoms with Gasteiger partial charge in [0.15, 0.2) is 0 Å². The van der Waals surface area contributed by atoms with Gasteiger partial charge in [0.05, 0.1) is 27.0 Å². The summed E-state index contributed by atoms with van der Waals surface area (Å²) in [5.74, 6) is -1.45. The van der Waals surface area contributed by atoms with Gasteiger partial charge in [0.25, 0.3) is 0 Å². The average Bonchev–Trinajstić information content (AvgIpc) is 3.31. The van der Waals surface area contributed by atoms with Crippen LogP contribution in [0.2, 0.25) is 15.1 Å². The van der Waals surface area contributed by atoms with E-state index in [-0.39, 0.29) is 39.2 Å². The van der Waals surface area contributed by atoms with E-state index in [1.165, 1.54) is 41.3 Å². The van der Waals surface area contributed by atoms with E-state index >= 15 is 0 Å². The lowest BCUT2D eigenvalue weighted by molar-refractivity contribution is -0.139. The van der Waals surface area contributed by atoms with Crippen molar-refractivity contribution >= 4 is 62.3 Å². The Hall–Kier alpha value is -2.07. The third-order valence-electron chi connectivity index (χ3n) is 6.07. The molecule has 0 heterocycles. The lowest BCUT2D eigenvalue weighted by Crippen LogP contribution is -2.52. The zero-order chi connectivity index (χ0) is 26.6. The Morgan fingerprint density at radius 1 is 1.06 bits per heavy atom. The maximum absolute atomic E-state index is 13.6. The minimum atomic E-state index is -3.99. The molecule has 1 unspecified atom stereocenters. The van der Waals surface area contributed by atoms with Gasteiger partial charge in [0, 0.05) is 12.6 Å². The van der Waals surface area contributed by atoms with E-state index in [0.29, 0.717) is 5.56 Å². The van der Waals surface area contributed by atoms with Crippen LogP contribution in [0.5, 0.6) is 0 Å². The zero-order valence-electron chi connectivity index (χ0n) is 19.8. The topological polar surface area (TPSA) is 86.8 Å². The fourth-order valence-electron chi connectivity index (χ4n) is 4.06. The zero-order valence-corrected chi connectivity index (χ0v) is 22.9. The molecule has 2 aromatic carbocycles. The predicted octanol–water partition coefficient (Wildman–Crippen LogP) is 5.03. The largest absolute Gasteiger partial charge is 0.352 e. The molecule has 3 rings (SSSR count). The number of carbonyl (C=O) groups is 2. The first-order valence-corrected chi connectivity index (χ1v) is 14.3. The van der Waals surface area contributed by atoms with Gasteiger partial charge in [-0.15, -0.1) is 0 Å². The highest BCUT2D eigenvalue weighted by Crippen LogP contribution is 2.35. The van der Waals surface area contributed by atoms with Gasteiger partial charge >= 0.3 is 0 Å². The fraction of sp³-hybridized carbons (Fsp3) is 0.417. The van der Waals surface area contributed by atoms with Crippen LogP contribution in [0.15, 0.2) is 36.4 Å². The lowest BCUT2D eigenvalue weighted by atomic mass is 10.1. The second-order valence-electron chi connectivity index (χ2n) is 8.80. The number of anilines is 1. The molecule has 1 aliphatic rings. The number of amides is 2. The maximum atomic E-state index is 13.6. The molecule has 1 saturated carbocycles. The molecule has 1 aliphatic carbocycles. The number of hydrogen-bond donors (Lipinski definition) is 1. The Kier molecular flexibility index (Phi) is 9.49. The summed E-state index contributed by atoms with van der Waals surface area (Å²) in [6.07, 6.45) is 4.69. The Morgan fingerprint density at radius 2 is 1.64 bits per heavy atom. The van der Waals surface area contributed by atoms with Gasteiger partial charge in [-0.05, 0) is 49.6 Å². The quantitative estimate of drug-likeness (QED) is 0.423. The molecule has 0 aliphatic heterocycles. The van der Waals surface area contributed by atoms with E-state index in [2.05, 4.69) is 5.32 Å². The van der Waals surface area contributed by atoms with Gasteiger partial charge < -0.3 is 10.2 Å². The number of hydrogen-bond acceptors (Lipinski definition) is 4. The number of sulfonamides is 1. The van der Waals surface area contributed by atoms with E-state index in [0.717, 1.165) is 36.2 Å². The summed E-state index contributed by atoms with van der Waals surface area (Å²) in [7, 11) is -3.99. The summed E-state index contributed by atoms with van der Waals surface area (Å²) >= 11 is 18.3. The minimum Gasteiger partial charge on any atom is -0.352 e. The van der Waals surface area contributed by atoms with Crippen molar-refractivity contribution in [3.05, 3.63) is 62.8 Å². The summed E-state index contributed by atoms with van der Waals surface area (Å²) in [6.45, 7) is 0.895. The Balaban J connectivity index is 1.92. The predicted molar refractivity (Wildman–Crippen MR) is 140 cm³/mol. The Morgan fingerprint density at radius 3 is 2.22 bits per heavy atom. The van der Waals surface area contributed by atoms with Crippen molar-refractivity contribution in [1.29, 1.82) is 0 Å². The number of nitrogens with zero attached hydrogens (tertiary/aromatic N) is 2. The second-order valence-corrected chi connectivity index (χ2v) is 11.9. The van der Waals surface area contributed by atoms with E-state index in [1.807, 2.05) is 0 Å². The van der Waals surface area contributed by atoms with Crippen LogP contribution >= 0.6 is 34.8 Å². The highest BCUT2D eigenvalue weighted by molar-refractivity contribution is 7.92. The average molecular weight is 579 g/mol. The number of carbonyl (C=O) groups excluding carboxylic acids is 2. The monoisotopic (exact) mass is 577 g/mol. The van der Waals surface area contributed by atoms with Crippen molar-refractivity contribution in [2.75, 3.05) is 17.1 Å². The molecule has 7 nitrogen and oxygen atoms in total. The molecule has 1 N–H and O–H groups in total. The van der Waals surface area contributed by atoms with Crippen molar-refractivity contribution in [1.82, 2.24) is 10.2 Å². The van der Waals surface area contributed by atoms with Crippen LogP contribution in [0.3, 0.4) is 0 Å². The highest BCUT2D eigenvalue weighted by Gasteiger charge is 2.32. The fourth-order valence-corrected chi connectivity index (χ4v) is 5.61. The second kappa shape index (κ2) is 12.0. The lowest BCUT2D eigenvalue weighted by Gasteiger charge is -2.32. The van der Waals surface area contributed by atoms with Gasteiger partial charge in [0.1, 0.15) is 18.4 Å². The third-order valence-corrected chi connectivity index (χ3v) is 8.22. The van der Waals surface area contributed by atoms with Crippen LogP contribution in [-0.4, -0.2) is 50.0 Å². The molecule has 196 valence electrons. The number of halogens is 4. The molecule has 1 fully saturated rings. The van der Waals surface area contributed by atoms with Crippen LogP contribution < -0.4 is 9.62 Å². The summed E-state index contributed by atoms with van der Waals surface area (Å²) < 4.78 is 39.6. The molecule has 1 atom stereocenters. The van der Waals surface area contributed by atoms with E-state index in [4.69, 9.17) is 34.8 Å². The molecule has 2 amide bonds. The molecular weight excluding hydrogens is 552 g/mol. The van der Waals surface area contributed by atoms with Crippen molar-refractivity contribution in [3.8, 4) is 0 Å². The molecule has 0 saturated heterocycles. The van der Waals surface area contributed by atoms with Crippen molar-refractivity contribution in [2.24, 2.45) is 0 Å². The van der Waals surface area contributed by atoms with Gasteiger partial charge in [0.2, 0.25) is 21.8 Å². The van der Waals surface area contributed by atoms with E-state index in [1.54, 1.807) is 6.92 Å². The molecular formula is C24H27Cl3FN3O4S. The van der Waals surface area contributed by atoms with Crippen LogP contribution in [0.1, 0.15) is 38.2 Å². The standard InChI is InChI=1S/C24H27Cl3FN3O4S/c1-15(24(33)29-18-5-3-4-6-18)30(13-16-7-9-17(28)10-8-16)23(32)14-31(36(2,34)35)22-12-20(26)19(25)11-21(22)27/h7-12,15,18H,3-6,13-14H2,1-2H3,(H,29,33). The van der Waals surface area contributed by atoms with Gasteiger partial charge in [-0.2, -0.15) is 0 Å². The number of rotatable bonds is 9. The first-order chi connectivity index (χ1) is 16.9. The van der Waals surface area contributed by atoms with Crippen LogP contribution in [-0.2, 0) is 26.2 Å². The highest BCUT2D eigenvalue weighted by atomic mass is 35.5. The smallest absolute Gasteiger partial charge is 0.244 e. The molecule has 12 heteroatoms. The van der Waals surface area contributed by atoms with Gasteiger partial charge in [-0.3, -0.25) is 13.9 Å². The van der Waals surface area contributed by atoms with Crippen LogP contribution in [0, 0.1) is 5.82 Å². The van der Waals surface area contributed by atoms with Gasteiger partial charge in [-0.25, -0.2) is 12.8 Å². The summed E-state index contributed by atoms with van der Waals surface area (Å²) in [5.41, 5.74) is 0.551. The summed E-state index contributed by atoms with van der Waals surface area (Å²) in [4.78, 5) is 27.8. The Bertz CT molecular complexity index is 1220. The first-order valence-electron chi connectivity index (χ1n) is 11.3. The number of benzene rings is 2. The van der Waals surface area contributed by atoms with Crippen LogP contribution in [0.25, 0.3) is 0 Å². The molecule has 36 heavy (non-hydrogen) atoms. The SMILES string of the molecule is CC(C(=O)NC1CCCC1)N(Cc1ccc(F)cc1)C(=O)CN(c1cc(Cl)c(Cl)cc1Cl)S(C)(=O)=O. The third kappa shape index (κ3) is 7.25. The molecule has 0 aromatic heterocycles. The van der Waals surface area contributed by atoms with E-state index in [9.17, 15) is 22.4 Å². The van der Waals surface area contributed by atoms with Crippen molar-refractivity contribution in [2.45, 2.75) is 51.2 Å². The maximum Gasteiger partial charge on any atom is 0.244 e.